The lowest BCUT2D eigenvalue weighted by molar-refractivity contribution is 1.28. The summed E-state index contributed by atoms with van der Waals surface area (Å²) in [5.41, 5.74) is 7.96. The Morgan fingerprint density at radius 3 is 2.15 bits per heavy atom. The summed E-state index contributed by atoms with van der Waals surface area (Å²) in [5.74, 6) is 0. The number of rotatable bonds is 1. The van der Waals surface area contributed by atoms with Gasteiger partial charge in [-0.1, -0.05) is 23.7 Å². The summed E-state index contributed by atoms with van der Waals surface area (Å²) in [5, 5.41) is 0. The van der Waals surface area contributed by atoms with Crippen molar-refractivity contribution in [3.05, 3.63) is 39.9 Å². The van der Waals surface area contributed by atoms with Crippen molar-refractivity contribution >= 4 is 17.2 Å². The van der Waals surface area contributed by atoms with Gasteiger partial charge in [0, 0.05) is 5.54 Å². The van der Waals surface area contributed by atoms with Crippen LogP contribution in [0.25, 0.3) is 5.57 Å². The highest BCUT2D eigenvalue weighted by molar-refractivity contribution is 6.28. The Balaban J connectivity index is 3.32. The first kappa shape index (κ1) is 10.3. The van der Waals surface area contributed by atoms with Gasteiger partial charge in [0.2, 0.25) is 0 Å². The Bertz CT molecular complexity index is 348. The minimum atomic E-state index is 1.13. The zero-order valence-corrected chi connectivity index (χ0v) is 9.37. The van der Waals surface area contributed by atoms with Gasteiger partial charge in [0.1, 0.15) is 0 Å². The van der Waals surface area contributed by atoms with Gasteiger partial charge in [0.05, 0.1) is 0 Å². The Labute approximate surface area is 85.2 Å². The molecule has 0 unspecified atom stereocenters. The standard InChI is InChI=1S/C12H15Cl/c1-8-5-10(3)12(6-9(8)2)11(4)7-13/h5-7H,1-4H3/b11-7-. The third-order valence-corrected chi connectivity index (χ3v) is 2.76. The summed E-state index contributed by atoms with van der Waals surface area (Å²) in [7, 11) is 0. The maximum absolute atomic E-state index is 5.69. The fourth-order valence-electron chi connectivity index (χ4n) is 1.44. The molecule has 1 aromatic carbocycles. The fourth-order valence-corrected chi connectivity index (χ4v) is 1.56. The molecule has 1 aromatic rings. The highest BCUT2D eigenvalue weighted by Gasteiger charge is 2.02. The summed E-state index contributed by atoms with van der Waals surface area (Å²) in [6, 6.07) is 4.40. The van der Waals surface area contributed by atoms with Gasteiger partial charge in [0.15, 0.2) is 0 Å². The predicted molar refractivity (Wildman–Crippen MR) is 60.2 cm³/mol. The number of allylic oxidation sites excluding steroid dienone is 1. The van der Waals surface area contributed by atoms with E-state index in [2.05, 4.69) is 32.9 Å². The van der Waals surface area contributed by atoms with Crippen LogP contribution in [0.3, 0.4) is 0 Å². The van der Waals surface area contributed by atoms with Gasteiger partial charge >= 0.3 is 0 Å². The maximum Gasteiger partial charge on any atom is 0.00778 e. The third kappa shape index (κ3) is 2.13. The zero-order chi connectivity index (χ0) is 10.0. The lowest BCUT2D eigenvalue weighted by Gasteiger charge is -2.09. The van der Waals surface area contributed by atoms with E-state index in [4.69, 9.17) is 11.6 Å². The molecule has 0 N–H and O–H groups in total. The van der Waals surface area contributed by atoms with Gasteiger partial charge < -0.3 is 0 Å². The predicted octanol–water partition coefficient (Wildman–Crippen LogP) is 4.21. The first-order valence-electron chi connectivity index (χ1n) is 4.41. The molecule has 0 amide bonds. The van der Waals surface area contributed by atoms with Crippen molar-refractivity contribution in [3.63, 3.8) is 0 Å². The summed E-state index contributed by atoms with van der Waals surface area (Å²) < 4.78 is 0. The van der Waals surface area contributed by atoms with Crippen LogP contribution < -0.4 is 0 Å². The molecule has 1 rings (SSSR count). The minimum absolute atomic E-state index is 1.13. The number of benzene rings is 1. The molecule has 0 aliphatic heterocycles. The fraction of sp³-hybridized carbons (Fsp3) is 0.333. The highest BCUT2D eigenvalue weighted by Crippen LogP contribution is 2.22. The first-order chi connectivity index (χ1) is 6.06. The van der Waals surface area contributed by atoms with E-state index in [1.165, 1.54) is 22.3 Å². The van der Waals surface area contributed by atoms with Crippen molar-refractivity contribution in [3.8, 4) is 0 Å². The third-order valence-electron chi connectivity index (χ3n) is 2.43. The number of halogens is 1. The monoisotopic (exact) mass is 194 g/mol. The second-order valence-electron chi connectivity index (χ2n) is 3.54. The molecule has 0 fully saturated rings. The van der Waals surface area contributed by atoms with Crippen LogP contribution in [0, 0.1) is 20.8 Å². The topological polar surface area (TPSA) is 0 Å². The van der Waals surface area contributed by atoms with Crippen molar-refractivity contribution < 1.29 is 0 Å². The van der Waals surface area contributed by atoms with Crippen LogP contribution in [0.4, 0.5) is 0 Å². The molecule has 1 heteroatoms. The molecule has 0 heterocycles. The van der Waals surface area contributed by atoms with Crippen molar-refractivity contribution in [1.82, 2.24) is 0 Å². The molecular formula is C12H15Cl. The summed E-state index contributed by atoms with van der Waals surface area (Å²) >= 11 is 5.69. The van der Waals surface area contributed by atoms with E-state index >= 15 is 0 Å². The van der Waals surface area contributed by atoms with Crippen molar-refractivity contribution in [2.24, 2.45) is 0 Å². The molecule has 0 aromatic heterocycles. The SMILES string of the molecule is C/C(=C/Cl)c1cc(C)c(C)cc1C. The normalized spacial score (nSPS) is 11.9. The molecule has 0 bridgehead atoms. The summed E-state index contributed by atoms with van der Waals surface area (Å²) in [6.07, 6.45) is 0. The lowest BCUT2D eigenvalue weighted by atomic mass is 9.97. The molecule has 70 valence electrons. The second-order valence-corrected chi connectivity index (χ2v) is 3.76. The van der Waals surface area contributed by atoms with E-state index in [0.717, 1.165) is 5.57 Å². The number of aryl methyl sites for hydroxylation is 3. The minimum Gasteiger partial charge on any atom is -0.0926 e. The van der Waals surface area contributed by atoms with Crippen LogP contribution in [0.15, 0.2) is 17.7 Å². The van der Waals surface area contributed by atoms with Crippen molar-refractivity contribution in [1.29, 1.82) is 0 Å². The van der Waals surface area contributed by atoms with E-state index < -0.39 is 0 Å². The summed E-state index contributed by atoms with van der Waals surface area (Å²) in [4.78, 5) is 0. The molecule has 0 spiro atoms. The van der Waals surface area contributed by atoms with Gasteiger partial charge in [-0.05, 0) is 55.5 Å². The average molecular weight is 195 g/mol. The van der Waals surface area contributed by atoms with Gasteiger partial charge in [-0.3, -0.25) is 0 Å². The van der Waals surface area contributed by atoms with Crippen LogP contribution in [-0.4, -0.2) is 0 Å². The first-order valence-corrected chi connectivity index (χ1v) is 4.85. The zero-order valence-electron chi connectivity index (χ0n) is 8.61. The Hall–Kier alpha value is -0.750. The van der Waals surface area contributed by atoms with Gasteiger partial charge in [-0.15, -0.1) is 0 Å². The molecule has 0 atom stereocenters. The molecule has 13 heavy (non-hydrogen) atoms. The maximum atomic E-state index is 5.69. The largest absolute Gasteiger partial charge is 0.0926 e. The smallest absolute Gasteiger partial charge is 0.00778 e. The molecule has 0 nitrogen and oxygen atoms in total. The van der Waals surface area contributed by atoms with Crippen molar-refractivity contribution in [2.45, 2.75) is 27.7 Å². The highest BCUT2D eigenvalue weighted by atomic mass is 35.5. The number of hydrogen-bond acceptors (Lipinski definition) is 0. The lowest BCUT2D eigenvalue weighted by Crippen LogP contribution is -1.90. The van der Waals surface area contributed by atoms with Crippen LogP contribution in [-0.2, 0) is 0 Å². The molecular weight excluding hydrogens is 180 g/mol. The van der Waals surface area contributed by atoms with Crippen LogP contribution in [0.5, 0.6) is 0 Å². The van der Waals surface area contributed by atoms with E-state index in [9.17, 15) is 0 Å². The summed E-state index contributed by atoms with van der Waals surface area (Å²) in [6.45, 7) is 8.40. The van der Waals surface area contributed by atoms with Gasteiger partial charge in [-0.2, -0.15) is 0 Å². The van der Waals surface area contributed by atoms with Crippen LogP contribution in [0.2, 0.25) is 0 Å². The van der Waals surface area contributed by atoms with E-state index in [0.29, 0.717) is 0 Å². The van der Waals surface area contributed by atoms with Gasteiger partial charge in [0.25, 0.3) is 0 Å². The van der Waals surface area contributed by atoms with Crippen LogP contribution in [0.1, 0.15) is 29.2 Å². The molecule has 0 radical (unpaired) electrons. The Morgan fingerprint density at radius 2 is 1.62 bits per heavy atom. The number of hydrogen-bond donors (Lipinski definition) is 0. The van der Waals surface area contributed by atoms with E-state index in [1.54, 1.807) is 5.54 Å². The Kier molecular flexibility index (Phi) is 3.16. The Morgan fingerprint density at radius 1 is 1.08 bits per heavy atom. The average Bonchev–Trinajstić information content (AvgIpc) is 2.10. The second kappa shape index (κ2) is 3.97. The van der Waals surface area contributed by atoms with E-state index in [-0.39, 0.29) is 0 Å². The van der Waals surface area contributed by atoms with Gasteiger partial charge in [-0.25, -0.2) is 0 Å². The van der Waals surface area contributed by atoms with Crippen LogP contribution >= 0.6 is 11.6 Å². The molecule has 0 saturated heterocycles. The van der Waals surface area contributed by atoms with E-state index in [1.807, 2.05) is 6.92 Å². The molecule has 0 aliphatic rings. The molecule has 0 aliphatic carbocycles. The quantitative estimate of drug-likeness (QED) is 0.628. The molecule has 0 saturated carbocycles. The van der Waals surface area contributed by atoms with Crippen molar-refractivity contribution in [2.75, 3.05) is 0 Å².